The van der Waals surface area contributed by atoms with E-state index in [1.165, 1.54) is 12.1 Å². The number of aryl methyl sites for hydroxylation is 1. The standard InChI is InChI=1S/C16H17ClFNO/c1-10-7-12(11(2)19)4-6-16(10)20-9-13-3-5-14(18)8-15(13)17/h3-8,11H,9,19H2,1-2H3/t11-/m0/s1. The van der Waals surface area contributed by atoms with Crippen molar-refractivity contribution in [3.05, 3.63) is 63.9 Å². The van der Waals surface area contributed by atoms with Gasteiger partial charge in [0.05, 0.1) is 5.02 Å². The molecule has 0 bridgehead atoms. The summed E-state index contributed by atoms with van der Waals surface area (Å²) < 4.78 is 18.7. The van der Waals surface area contributed by atoms with Gasteiger partial charge in [-0.25, -0.2) is 4.39 Å². The van der Waals surface area contributed by atoms with E-state index in [0.29, 0.717) is 11.6 Å². The molecule has 2 rings (SSSR count). The Kier molecular flexibility index (Phi) is 4.63. The maximum Gasteiger partial charge on any atom is 0.124 e. The molecule has 0 aliphatic rings. The number of hydrogen-bond acceptors (Lipinski definition) is 2. The highest BCUT2D eigenvalue weighted by Gasteiger charge is 2.07. The average molecular weight is 294 g/mol. The second-order valence-corrected chi connectivity index (χ2v) is 5.25. The summed E-state index contributed by atoms with van der Waals surface area (Å²) in [4.78, 5) is 0. The van der Waals surface area contributed by atoms with Gasteiger partial charge in [-0.15, -0.1) is 0 Å². The maximum absolute atomic E-state index is 13.0. The van der Waals surface area contributed by atoms with E-state index in [0.717, 1.165) is 22.4 Å². The Morgan fingerprint density at radius 2 is 2.00 bits per heavy atom. The largest absolute Gasteiger partial charge is 0.489 e. The zero-order chi connectivity index (χ0) is 14.7. The van der Waals surface area contributed by atoms with Gasteiger partial charge in [0.1, 0.15) is 18.2 Å². The Morgan fingerprint density at radius 3 is 2.60 bits per heavy atom. The molecule has 0 amide bonds. The predicted molar refractivity (Wildman–Crippen MR) is 79.5 cm³/mol. The van der Waals surface area contributed by atoms with Crippen molar-refractivity contribution in [2.45, 2.75) is 26.5 Å². The van der Waals surface area contributed by atoms with E-state index in [4.69, 9.17) is 22.1 Å². The van der Waals surface area contributed by atoms with Crippen LogP contribution in [0.15, 0.2) is 36.4 Å². The van der Waals surface area contributed by atoms with Crippen LogP contribution in [0, 0.1) is 12.7 Å². The number of benzene rings is 2. The lowest BCUT2D eigenvalue weighted by Crippen LogP contribution is -2.05. The van der Waals surface area contributed by atoms with Crippen molar-refractivity contribution in [1.82, 2.24) is 0 Å². The summed E-state index contributed by atoms with van der Waals surface area (Å²) in [7, 11) is 0. The van der Waals surface area contributed by atoms with Crippen LogP contribution in [0.1, 0.15) is 29.7 Å². The van der Waals surface area contributed by atoms with Crippen LogP contribution in [0.4, 0.5) is 4.39 Å². The lowest BCUT2D eigenvalue weighted by Gasteiger charge is -2.13. The summed E-state index contributed by atoms with van der Waals surface area (Å²) in [6, 6.07) is 10.1. The minimum Gasteiger partial charge on any atom is -0.489 e. The molecule has 2 aromatic rings. The Morgan fingerprint density at radius 1 is 1.25 bits per heavy atom. The molecule has 4 heteroatoms. The number of nitrogens with two attached hydrogens (primary N) is 1. The second kappa shape index (κ2) is 6.25. The van der Waals surface area contributed by atoms with E-state index in [2.05, 4.69) is 0 Å². The molecule has 2 aromatic carbocycles. The number of halogens is 2. The molecule has 20 heavy (non-hydrogen) atoms. The summed E-state index contributed by atoms with van der Waals surface area (Å²) >= 11 is 5.97. The van der Waals surface area contributed by atoms with Gasteiger partial charge in [-0.2, -0.15) is 0 Å². The van der Waals surface area contributed by atoms with Gasteiger partial charge in [0, 0.05) is 11.6 Å². The lowest BCUT2D eigenvalue weighted by atomic mass is 10.1. The van der Waals surface area contributed by atoms with Gasteiger partial charge < -0.3 is 10.5 Å². The van der Waals surface area contributed by atoms with Crippen molar-refractivity contribution in [3.63, 3.8) is 0 Å². The monoisotopic (exact) mass is 293 g/mol. The van der Waals surface area contributed by atoms with Crippen molar-refractivity contribution >= 4 is 11.6 Å². The molecule has 0 fully saturated rings. The molecular weight excluding hydrogens is 277 g/mol. The van der Waals surface area contributed by atoms with Crippen molar-refractivity contribution in [3.8, 4) is 5.75 Å². The maximum atomic E-state index is 13.0. The summed E-state index contributed by atoms with van der Waals surface area (Å²) in [6.07, 6.45) is 0. The summed E-state index contributed by atoms with van der Waals surface area (Å²) in [6.45, 7) is 4.21. The molecule has 0 aliphatic heterocycles. The zero-order valence-corrected chi connectivity index (χ0v) is 12.2. The fraction of sp³-hybridized carbons (Fsp3) is 0.250. The molecule has 1 atom stereocenters. The molecule has 0 radical (unpaired) electrons. The Balaban J connectivity index is 2.11. The van der Waals surface area contributed by atoms with Crippen LogP contribution in [-0.2, 0) is 6.61 Å². The molecule has 0 saturated heterocycles. The van der Waals surface area contributed by atoms with Crippen LogP contribution in [0.25, 0.3) is 0 Å². The molecule has 2 N–H and O–H groups in total. The third-order valence-electron chi connectivity index (χ3n) is 3.12. The first-order chi connectivity index (χ1) is 9.47. The molecule has 0 spiro atoms. The van der Waals surface area contributed by atoms with Crippen LogP contribution < -0.4 is 10.5 Å². The van der Waals surface area contributed by atoms with Gasteiger partial charge in [-0.3, -0.25) is 0 Å². The van der Waals surface area contributed by atoms with E-state index in [1.807, 2.05) is 32.0 Å². The first-order valence-electron chi connectivity index (χ1n) is 6.40. The summed E-state index contributed by atoms with van der Waals surface area (Å²) in [5, 5.41) is 0.370. The van der Waals surface area contributed by atoms with Crippen LogP contribution in [0.3, 0.4) is 0 Å². The van der Waals surface area contributed by atoms with E-state index >= 15 is 0 Å². The normalized spacial score (nSPS) is 12.2. The molecule has 0 aliphatic carbocycles. The smallest absolute Gasteiger partial charge is 0.124 e. The van der Waals surface area contributed by atoms with Gasteiger partial charge in [0.2, 0.25) is 0 Å². The molecule has 0 unspecified atom stereocenters. The lowest BCUT2D eigenvalue weighted by molar-refractivity contribution is 0.304. The van der Waals surface area contributed by atoms with Gasteiger partial charge in [-0.1, -0.05) is 29.8 Å². The van der Waals surface area contributed by atoms with Gasteiger partial charge in [-0.05, 0) is 43.2 Å². The minimum absolute atomic E-state index is 0.00528. The quantitative estimate of drug-likeness (QED) is 0.907. The highest BCUT2D eigenvalue weighted by molar-refractivity contribution is 6.31. The minimum atomic E-state index is -0.351. The van der Waals surface area contributed by atoms with Crippen LogP contribution in [0.2, 0.25) is 5.02 Å². The number of hydrogen-bond donors (Lipinski definition) is 1. The average Bonchev–Trinajstić information content (AvgIpc) is 2.38. The Hall–Kier alpha value is -1.58. The van der Waals surface area contributed by atoms with Crippen molar-refractivity contribution in [2.75, 3.05) is 0 Å². The van der Waals surface area contributed by atoms with E-state index < -0.39 is 0 Å². The van der Waals surface area contributed by atoms with E-state index in [9.17, 15) is 4.39 Å². The molecule has 2 nitrogen and oxygen atoms in total. The van der Waals surface area contributed by atoms with E-state index in [1.54, 1.807) is 6.07 Å². The molecule has 106 valence electrons. The number of rotatable bonds is 4. The Bertz CT molecular complexity index is 613. The van der Waals surface area contributed by atoms with Gasteiger partial charge in [0.15, 0.2) is 0 Å². The van der Waals surface area contributed by atoms with E-state index in [-0.39, 0.29) is 11.9 Å². The first kappa shape index (κ1) is 14.8. The van der Waals surface area contributed by atoms with Crippen molar-refractivity contribution in [2.24, 2.45) is 5.73 Å². The fourth-order valence-corrected chi connectivity index (χ4v) is 2.13. The first-order valence-corrected chi connectivity index (χ1v) is 6.78. The molecule has 0 heterocycles. The van der Waals surface area contributed by atoms with Gasteiger partial charge in [0.25, 0.3) is 0 Å². The second-order valence-electron chi connectivity index (χ2n) is 4.84. The third kappa shape index (κ3) is 3.50. The highest BCUT2D eigenvalue weighted by atomic mass is 35.5. The molecular formula is C16H17ClFNO. The third-order valence-corrected chi connectivity index (χ3v) is 3.47. The fourth-order valence-electron chi connectivity index (χ4n) is 1.91. The zero-order valence-electron chi connectivity index (χ0n) is 11.5. The Labute approximate surface area is 123 Å². The van der Waals surface area contributed by atoms with Gasteiger partial charge >= 0.3 is 0 Å². The van der Waals surface area contributed by atoms with Crippen molar-refractivity contribution in [1.29, 1.82) is 0 Å². The summed E-state index contributed by atoms with van der Waals surface area (Å²) in [5.41, 5.74) is 8.67. The summed E-state index contributed by atoms with van der Waals surface area (Å²) in [5.74, 6) is 0.422. The van der Waals surface area contributed by atoms with Crippen LogP contribution >= 0.6 is 11.6 Å². The molecule has 0 saturated carbocycles. The van der Waals surface area contributed by atoms with Crippen LogP contribution in [-0.4, -0.2) is 0 Å². The number of ether oxygens (including phenoxy) is 1. The highest BCUT2D eigenvalue weighted by Crippen LogP contribution is 2.24. The topological polar surface area (TPSA) is 35.2 Å². The molecule has 0 aromatic heterocycles. The van der Waals surface area contributed by atoms with Crippen molar-refractivity contribution < 1.29 is 9.13 Å². The predicted octanol–water partition coefficient (Wildman–Crippen LogP) is 4.39. The van der Waals surface area contributed by atoms with Crippen LogP contribution in [0.5, 0.6) is 5.75 Å². The SMILES string of the molecule is Cc1cc([C@H](C)N)ccc1OCc1ccc(F)cc1Cl.